The summed E-state index contributed by atoms with van der Waals surface area (Å²) in [5.74, 6) is 2.33. The summed E-state index contributed by atoms with van der Waals surface area (Å²) in [6.07, 6.45) is 6.20. The topological polar surface area (TPSA) is 55.1 Å². The van der Waals surface area contributed by atoms with Crippen molar-refractivity contribution in [1.29, 1.82) is 0 Å². The summed E-state index contributed by atoms with van der Waals surface area (Å²) in [4.78, 5) is 6.51. The molecule has 5 heteroatoms. The molecule has 0 bridgehead atoms. The fraction of sp³-hybridized carbons (Fsp3) is 0.562. The van der Waals surface area contributed by atoms with Gasteiger partial charge in [0.1, 0.15) is 0 Å². The number of aromatic nitrogens is 3. The van der Waals surface area contributed by atoms with Gasteiger partial charge in [0.15, 0.2) is 0 Å². The number of likely N-dealkylation sites (tertiary alicyclic amines) is 1. The average Bonchev–Trinajstić information content (AvgIpc) is 2.97. The van der Waals surface area contributed by atoms with Crippen molar-refractivity contribution in [2.45, 2.75) is 45.1 Å². The van der Waals surface area contributed by atoms with Crippen LogP contribution in [0.25, 0.3) is 0 Å². The monoisotopic (exact) mass is 286 g/mol. The zero-order chi connectivity index (χ0) is 14.7. The molecule has 1 saturated heterocycles. The Hall–Kier alpha value is -1.75. The number of hydrogen-bond acceptors (Lipinski definition) is 5. The molecule has 1 unspecified atom stereocenters. The normalized spacial score (nSPS) is 20.0. The van der Waals surface area contributed by atoms with E-state index >= 15 is 0 Å². The highest BCUT2D eigenvalue weighted by molar-refractivity contribution is 5.16. The highest BCUT2D eigenvalue weighted by Gasteiger charge is 2.23. The van der Waals surface area contributed by atoms with Gasteiger partial charge in [0, 0.05) is 24.9 Å². The van der Waals surface area contributed by atoms with Crippen molar-refractivity contribution < 1.29 is 4.42 Å². The maximum absolute atomic E-state index is 5.71. The summed E-state index contributed by atoms with van der Waals surface area (Å²) in [7, 11) is 0. The van der Waals surface area contributed by atoms with Crippen molar-refractivity contribution in [3.05, 3.63) is 41.9 Å². The van der Waals surface area contributed by atoms with Crippen LogP contribution in [0.4, 0.5) is 0 Å². The Morgan fingerprint density at radius 1 is 1.29 bits per heavy atom. The molecule has 3 rings (SSSR count). The second-order valence-electron chi connectivity index (χ2n) is 6.04. The molecule has 112 valence electrons. The fourth-order valence-corrected chi connectivity index (χ4v) is 2.86. The van der Waals surface area contributed by atoms with Crippen molar-refractivity contribution in [3.8, 4) is 0 Å². The molecule has 3 heterocycles. The van der Waals surface area contributed by atoms with E-state index in [1.807, 2.05) is 12.4 Å². The van der Waals surface area contributed by atoms with Crippen molar-refractivity contribution in [3.63, 3.8) is 0 Å². The summed E-state index contributed by atoms with van der Waals surface area (Å²) >= 11 is 0. The van der Waals surface area contributed by atoms with Gasteiger partial charge in [-0.05, 0) is 43.0 Å². The number of piperidine rings is 1. The number of pyridine rings is 1. The first-order chi connectivity index (χ1) is 10.2. The number of rotatable bonds is 4. The summed E-state index contributed by atoms with van der Waals surface area (Å²) in [6, 6.07) is 4.25. The molecule has 1 aliphatic rings. The Morgan fingerprint density at radius 2 is 2.10 bits per heavy atom. The molecule has 2 aromatic rings. The lowest BCUT2D eigenvalue weighted by molar-refractivity contribution is 0.182. The largest absolute Gasteiger partial charge is 0.424 e. The third-order valence-corrected chi connectivity index (χ3v) is 4.02. The lowest BCUT2D eigenvalue weighted by Crippen LogP contribution is -2.34. The molecule has 0 aromatic carbocycles. The van der Waals surface area contributed by atoms with Crippen molar-refractivity contribution in [2.24, 2.45) is 0 Å². The first-order valence-corrected chi connectivity index (χ1v) is 7.67. The zero-order valence-corrected chi connectivity index (χ0v) is 12.7. The molecule has 1 atom stereocenters. The van der Waals surface area contributed by atoms with Gasteiger partial charge in [-0.3, -0.25) is 9.88 Å². The van der Waals surface area contributed by atoms with E-state index in [0.29, 0.717) is 5.92 Å². The minimum atomic E-state index is 0.289. The van der Waals surface area contributed by atoms with E-state index in [4.69, 9.17) is 4.42 Å². The van der Waals surface area contributed by atoms with Gasteiger partial charge in [-0.1, -0.05) is 13.8 Å². The first kappa shape index (κ1) is 14.2. The van der Waals surface area contributed by atoms with Crippen LogP contribution in [0.5, 0.6) is 0 Å². The van der Waals surface area contributed by atoms with E-state index in [0.717, 1.165) is 31.4 Å². The maximum atomic E-state index is 5.71. The molecule has 0 saturated carbocycles. The zero-order valence-electron chi connectivity index (χ0n) is 12.7. The average molecular weight is 286 g/mol. The van der Waals surface area contributed by atoms with Gasteiger partial charge >= 0.3 is 0 Å². The van der Waals surface area contributed by atoms with Gasteiger partial charge in [0.2, 0.25) is 11.8 Å². The molecule has 0 spiro atoms. The minimum Gasteiger partial charge on any atom is -0.424 e. The molecular formula is C16H22N4O. The molecule has 5 nitrogen and oxygen atoms in total. The third-order valence-electron chi connectivity index (χ3n) is 4.02. The van der Waals surface area contributed by atoms with Crippen LogP contribution in [-0.4, -0.2) is 33.2 Å². The molecule has 1 fully saturated rings. The van der Waals surface area contributed by atoms with Crippen LogP contribution in [0.2, 0.25) is 0 Å². The predicted molar refractivity (Wildman–Crippen MR) is 79.9 cm³/mol. The second-order valence-corrected chi connectivity index (χ2v) is 6.04. The van der Waals surface area contributed by atoms with Gasteiger partial charge in [-0.25, -0.2) is 0 Å². The van der Waals surface area contributed by atoms with Crippen LogP contribution >= 0.6 is 0 Å². The summed E-state index contributed by atoms with van der Waals surface area (Å²) < 4.78 is 5.71. The molecular weight excluding hydrogens is 264 g/mol. The Bertz CT molecular complexity index is 567. The van der Waals surface area contributed by atoms with E-state index in [-0.39, 0.29) is 5.92 Å². The standard InChI is InChI=1S/C16H22N4O/c1-12(2)16-19-18-15(21-16)11-20-9-3-4-14(10-20)13-5-7-17-8-6-13/h5-8,12,14H,3-4,9-11H2,1-2H3. The van der Waals surface area contributed by atoms with Crippen LogP contribution in [0, 0.1) is 0 Å². The SMILES string of the molecule is CC(C)c1nnc(CN2CCCC(c3ccncc3)C2)o1. The lowest BCUT2D eigenvalue weighted by Gasteiger charge is -2.31. The van der Waals surface area contributed by atoms with Crippen LogP contribution in [0.15, 0.2) is 28.9 Å². The molecule has 0 radical (unpaired) electrons. The van der Waals surface area contributed by atoms with Crippen molar-refractivity contribution in [2.75, 3.05) is 13.1 Å². The highest BCUT2D eigenvalue weighted by Crippen LogP contribution is 2.27. The van der Waals surface area contributed by atoms with Gasteiger partial charge in [-0.2, -0.15) is 0 Å². The van der Waals surface area contributed by atoms with E-state index in [1.54, 1.807) is 0 Å². The maximum Gasteiger partial charge on any atom is 0.230 e. The molecule has 0 amide bonds. The molecule has 21 heavy (non-hydrogen) atoms. The highest BCUT2D eigenvalue weighted by atomic mass is 16.4. The van der Waals surface area contributed by atoms with Gasteiger partial charge in [0.05, 0.1) is 6.54 Å². The van der Waals surface area contributed by atoms with Crippen LogP contribution in [0.3, 0.4) is 0 Å². The predicted octanol–water partition coefficient (Wildman–Crippen LogP) is 2.97. The van der Waals surface area contributed by atoms with Gasteiger partial charge in [0.25, 0.3) is 0 Å². The molecule has 0 aliphatic carbocycles. The summed E-state index contributed by atoms with van der Waals surface area (Å²) in [5, 5.41) is 8.27. The lowest BCUT2D eigenvalue weighted by atomic mass is 9.91. The van der Waals surface area contributed by atoms with Gasteiger partial charge in [-0.15, -0.1) is 10.2 Å². The Morgan fingerprint density at radius 3 is 2.81 bits per heavy atom. The second kappa shape index (κ2) is 6.35. The summed E-state index contributed by atoms with van der Waals surface area (Å²) in [5.41, 5.74) is 1.38. The van der Waals surface area contributed by atoms with Gasteiger partial charge < -0.3 is 4.42 Å². The van der Waals surface area contributed by atoms with E-state index in [2.05, 4.69) is 46.1 Å². The smallest absolute Gasteiger partial charge is 0.230 e. The third kappa shape index (κ3) is 3.47. The summed E-state index contributed by atoms with van der Waals surface area (Å²) in [6.45, 7) is 7.03. The first-order valence-electron chi connectivity index (χ1n) is 7.67. The Labute approximate surface area is 125 Å². The quantitative estimate of drug-likeness (QED) is 0.865. The van der Waals surface area contributed by atoms with Crippen molar-refractivity contribution in [1.82, 2.24) is 20.1 Å². The van der Waals surface area contributed by atoms with Crippen LogP contribution < -0.4 is 0 Å². The van der Waals surface area contributed by atoms with E-state index in [1.165, 1.54) is 18.4 Å². The fourth-order valence-electron chi connectivity index (χ4n) is 2.86. The molecule has 2 aromatic heterocycles. The van der Waals surface area contributed by atoms with E-state index in [9.17, 15) is 0 Å². The van der Waals surface area contributed by atoms with Crippen LogP contribution in [-0.2, 0) is 6.54 Å². The van der Waals surface area contributed by atoms with Crippen molar-refractivity contribution >= 4 is 0 Å². The number of nitrogens with zero attached hydrogens (tertiary/aromatic N) is 4. The Kier molecular flexibility index (Phi) is 4.29. The Balaban J connectivity index is 1.63. The molecule has 0 N–H and O–H groups in total. The van der Waals surface area contributed by atoms with E-state index < -0.39 is 0 Å². The van der Waals surface area contributed by atoms with Crippen LogP contribution in [0.1, 0.15) is 55.9 Å². The minimum absolute atomic E-state index is 0.289. The molecule has 1 aliphatic heterocycles. The number of hydrogen-bond donors (Lipinski definition) is 0.